The first-order chi connectivity index (χ1) is 9.80. The van der Waals surface area contributed by atoms with Crippen LogP contribution in [0.25, 0.3) is 0 Å². The standard InChI is InChI=1S/C16H29NO4/c1-16(2,3)13(4-5-14(18)19)6-9-17-15(20)12-7-10-21-11-8-12/h12-13H,4-11H2,1-3H3,(H,17,20)(H,18,19). The third kappa shape index (κ3) is 6.93. The molecule has 5 nitrogen and oxygen atoms in total. The number of hydrogen-bond donors (Lipinski definition) is 2. The van der Waals surface area contributed by atoms with Crippen LogP contribution in [0.2, 0.25) is 0 Å². The molecule has 1 heterocycles. The van der Waals surface area contributed by atoms with E-state index in [1.54, 1.807) is 0 Å². The first-order valence-corrected chi connectivity index (χ1v) is 7.88. The molecule has 122 valence electrons. The van der Waals surface area contributed by atoms with Crippen molar-refractivity contribution in [3.8, 4) is 0 Å². The summed E-state index contributed by atoms with van der Waals surface area (Å²) in [5.74, 6) is -0.269. The maximum absolute atomic E-state index is 12.0. The van der Waals surface area contributed by atoms with Gasteiger partial charge < -0.3 is 15.2 Å². The quantitative estimate of drug-likeness (QED) is 0.757. The Labute approximate surface area is 127 Å². The van der Waals surface area contributed by atoms with Gasteiger partial charge in [0.15, 0.2) is 0 Å². The molecule has 2 N–H and O–H groups in total. The zero-order valence-electron chi connectivity index (χ0n) is 13.5. The number of carbonyl (C=O) groups is 2. The lowest BCUT2D eigenvalue weighted by Crippen LogP contribution is -2.36. The van der Waals surface area contributed by atoms with Crippen LogP contribution in [0.5, 0.6) is 0 Å². The number of hydrogen-bond acceptors (Lipinski definition) is 3. The predicted molar refractivity (Wildman–Crippen MR) is 81.0 cm³/mol. The fraction of sp³-hybridized carbons (Fsp3) is 0.875. The van der Waals surface area contributed by atoms with E-state index in [0.717, 1.165) is 19.3 Å². The van der Waals surface area contributed by atoms with Crippen molar-refractivity contribution in [1.29, 1.82) is 0 Å². The molecule has 1 rings (SSSR count). The molecule has 1 unspecified atom stereocenters. The van der Waals surface area contributed by atoms with E-state index >= 15 is 0 Å². The third-order valence-corrected chi connectivity index (χ3v) is 4.32. The van der Waals surface area contributed by atoms with Gasteiger partial charge in [0.1, 0.15) is 0 Å². The van der Waals surface area contributed by atoms with Gasteiger partial charge in [-0.25, -0.2) is 0 Å². The summed E-state index contributed by atoms with van der Waals surface area (Å²) in [4.78, 5) is 22.8. The summed E-state index contributed by atoms with van der Waals surface area (Å²) in [6.07, 6.45) is 3.27. The van der Waals surface area contributed by atoms with Gasteiger partial charge in [-0.2, -0.15) is 0 Å². The molecule has 0 radical (unpaired) electrons. The van der Waals surface area contributed by atoms with Gasteiger partial charge in [-0.1, -0.05) is 20.8 Å². The number of carboxylic acids is 1. The average molecular weight is 299 g/mol. The number of nitrogens with one attached hydrogen (secondary N) is 1. The Morgan fingerprint density at radius 3 is 2.38 bits per heavy atom. The molecule has 21 heavy (non-hydrogen) atoms. The van der Waals surface area contributed by atoms with Crippen molar-refractivity contribution >= 4 is 11.9 Å². The molecular formula is C16H29NO4. The van der Waals surface area contributed by atoms with E-state index in [1.165, 1.54) is 0 Å². The Hall–Kier alpha value is -1.10. The van der Waals surface area contributed by atoms with Crippen LogP contribution in [-0.4, -0.2) is 36.7 Å². The van der Waals surface area contributed by atoms with Gasteiger partial charge >= 0.3 is 5.97 Å². The summed E-state index contributed by atoms with van der Waals surface area (Å²) >= 11 is 0. The first kappa shape index (κ1) is 18.0. The minimum atomic E-state index is -0.754. The maximum Gasteiger partial charge on any atom is 0.303 e. The van der Waals surface area contributed by atoms with Gasteiger partial charge in [-0.05, 0) is 37.0 Å². The van der Waals surface area contributed by atoms with E-state index in [0.29, 0.717) is 32.1 Å². The normalized spacial score (nSPS) is 18.2. The van der Waals surface area contributed by atoms with E-state index in [9.17, 15) is 9.59 Å². The molecule has 0 spiro atoms. The highest BCUT2D eigenvalue weighted by Gasteiger charge is 2.26. The van der Waals surface area contributed by atoms with E-state index in [1.807, 2.05) is 0 Å². The van der Waals surface area contributed by atoms with E-state index in [-0.39, 0.29) is 23.7 Å². The van der Waals surface area contributed by atoms with Crippen LogP contribution >= 0.6 is 0 Å². The van der Waals surface area contributed by atoms with Gasteiger partial charge in [0, 0.05) is 32.1 Å². The summed E-state index contributed by atoms with van der Waals surface area (Å²) in [5, 5.41) is 11.8. The van der Waals surface area contributed by atoms with Gasteiger partial charge in [0.05, 0.1) is 0 Å². The van der Waals surface area contributed by atoms with Crippen LogP contribution in [0, 0.1) is 17.3 Å². The van der Waals surface area contributed by atoms with Gasteiger partial charge in [-0.15, -0.1) is 0 Å². The molecule has 1 aliphatic rings. The Morgan fingerprint density at radius 1 is 1.24 bits per heavy atom. The number of ether oxygens (including phenoxy) is 1. The number of carboxylic acid groups (broad SMARTS) is 1. The lowest BCUT2D eigenvalue weighted by molar-refractivity contribution is -0.137. The summed E-state index contributed by atoms with van der Waals surface area (Å²) < 4.78 is 5.26. The van der Waals surface area contributed by atoms with Crippen molar-refractivity contribution in [1.82, 2.24) is 5.32 Å². The molecule has 1 atom stereocenters. The van der Waals surface area contributed by atoms with Crippen molar-refractivity contribution in [3.63, 3.8) is 0 Å². The van der Waals surface area contributed by atoms with Crippen LogP contribution in [0.15, 0.2) is 0 Å². The van der Waals surface area contributed by atoms with E-state index in [2.05, 4.69) is 26.1 Å². The number of carbonyl (C=O) groups excluding carboxylic acids is 1. The second-order valence-corrected chi connectivity index (χ2v) is 6.96. The molecule has 1 amide bonds. The highest BCUT2D eigenvalue weighted by Crippen LogP contribution is 2.32. The SMILES string of the molecule is CC(C)(C)C(CCNC(=O)C1CCOCC1)CCC(=O)O. The highest BCUT2D eigenvalue weighted by atomic mass is 16.5. The van der Waals surface area contributed by atoms with Gasteiger partial charge in [-0.3, -0.25) is 9.59 Å². The molecule has 0 aromatic heterocycles. The fourth-order valence-electron chi connectivity index (χ4n) is 2.78. The molecule has 0 aromatic rings. The number of aliphatic carboxylic acids is 1. The summed E-state index contributed by atoms with van der Waals surface area (Å²) in [7, 11) is 0. The van der Waals surface area contributed by atoms with Crippen molar-refractivity contribution < 1.29 is 19.4 Å². The molecule has 1 saturated heterocycles. The van der Waals surface area contributed by atoms with Crippen LogP contribution in [-0.2, 0) is 14.3 Å². The summed E-state index contributed by atoms with van der Waals surface area (Å²) in [6.45, 7) is 8.33. The van der Waals surface area contributed by atoms with Crippen LogP contribution in [0.4, 0.5) is 0 Å². The summed E-state index contributed by atoms with van der Waals surface area (Å²) in [6, 6.07) is 0. The summed E-state index contributed by atoms with van der Waals surface area (Å²) in [5.41, 5.74) is 0.0544. The van der Waals surface area contributed by atoms with Crippen LogP contribution in [0.1, 0.15) is 52.9 Å². The lowest BCUT2D eigenvalue weighted by Gasteiger charge is -2.31. The van der Waals surface area contributed by atoms with Crippen molar-refractivity contribution in [2.45, 2.75) is 52.9 Å². The second-order valence-electron chi connectivity index (χ2n) is 6.96. The second kappa shape index (κ2) is 8.37. The first-order valence-electron chi connectivity index (χ1n) is 7.88. The smallest absolute Gasteiger partial charge is 0.303 e. The minimum Gasteiger partial charge on any atom is -0.481 e. The Morgan fingerprint density at radius 2 is 1.86 bits per heavy atom. The van der Waals surface area contributed by atoms with Gasteiger partial charge in [0.25, 0.3) is 0 Å². The van der Waals surface area contributed by atoms with E-state index < -0.39 is 5.97 Å². The Balaban J connectivity index is 2.34. The zero-order chi connectivity index (χ0) is 15.9. The van der Waals surface area contributed by atoms with Crippen LogP contribution < -0.4 is 5.32 Å². The average Bonchev–Trinajstić information content (AvgIpc) is 2.41. The van der Waals surface area contributed by atoms with E-state index in [4.69, 9.17) is 9.84 Å². The third-order valence-electron chi connectivity index (χ3n) is 4.32. The largest absolute Gasteiger partial charge is 0.481 e. The minimum absolute atomic E-state index is 0.0544. The maximum atomic E-state index is 12.0. The fourth-order valence-corrected chi connectivity index (χ4v) is 2.78. The van der Waals surface area contributed by atoms with Gasteiger partial charge in [0.2, 0.25) is 5.91 Å². The molecule has 0 aliphatic carbocycles. The number of rotatable bonds is 7. The molecule has 1 fully saturated rings. The Kier molecular flexibility index (Phi) is 7.15. The highest BCUT2D eigenvalue weighted by molar-refractivity contribution is 5.78. The molecule has 1 aliphatic heterocycles. The Bertz CT molecular complexity index is 343. The molecular weight excluding hydrogens is 270 g/mol. The van der Waals surface area contributed by atoms with Crippen molar-refractivity contribution in [3.05, 3.63) is 0 Å². The van der Waals surface area contributed by atoms with Crippen molar-refractivity contribution in [2.75, 3.05) is 19.8 Å². The molecule has 5 heteroatoms. The lowest BCUT2D eigenvalue weighted by atomic mass is 9.76. The molecule has 0 aromatic carbocycles. The van der Waals surface area contributed by atoms with Crippen molar-refractivity contribution in [2.24, 2.45) is 17.3 Å². The monoisotopic (exact) mass is 299 g/mol. The molecule has 0 bridgehead atoms. The number of amides is 1. The zero-order valence-corrected chi connectivity index (χ0v) is 13.5. The topological polar surface area (TPSA) is 75.6 Å². The van der Waals surface area contributed by atoms with Crippen LogP contribution in [0.3, 0.4) is 0 Å². The predicted octanol–water partition coefficient (Wildman–Crippen LogP) is 2.45. The molecule has 0 saturated carbocycles.